The van der Waals surface area contributed by atoms with Crippen LogP contribution in [0.3, 0.4) is 0 Å². The van der Waals surface area contributed by atoms with Gasteiger partial charge in [0, 0.05) is 44.9 Å². The zero-order chi connectivity index (χ0) is 14.7. The highest BCUT2D eigenvalue weighted by molar-refractivity contribution is 5.90. The van der Waals surface area contributed by atoms with Gasteiger partial charge in [-0.3, -0.25) is 9.78 Å². The fraction of sp³-hybridized carbons (Fsp3) is 0.500. The Morgan fingerprint density at radius 1 is 1.29 bits per heavy atom. The van der Waals surface area contributed by atoms with Gasteiger partial charge in [0.25, 0.3) is 0 Å². The second-order valence-corrected chi connectivity index (χ2v) is 5.23. The van der Waals surface area contributed by atoms with Gasteiger partial charge in [0.1, 0.15) is 17.9 Å². The number of amides is 3. The summed E-state index contributed by atoms with van der Waals surface area (Å²) in [4.78, 5) is 29.1. The molecule has 0 aliphatic carbocycles. The minimum absolute atomic E-state index is 0.0179. The first kappa shape index (κ1) is 13.7. The van der Waals surface area contributed by atoms with Gasteiger partial charge in [-0.2, -0.15) is 0 Å². The summed E-state index contributed by atoms with van der Waals surface area (Å²) < 4.78 is 5.87. The van der Waals surface area contributed by atoms with Crippen molar-refractivity contribution in [1.29, 1.82) is 0 Å². The van der Waals surface area contributed by atoms with E-state index in [-0.39, 0.29) is 18.0 Å². The molecule has 0 aromatic carbocycles. The smallest absolute Gasteiger partial charge is 0.315 e. The molecule has 7 nitrogen and oxygen atoms in total. The SMILES string of the molecule is O=C1NCC(C(=O)N2CCC(Oc3ccncc3)CC2)N1. The number of ether oxygens (including phenoxy) is 1. The molecule has 1 aromatic heterocycles. The van der Waals surface area contributed by atoms with Crippen LogP contribution in [0, 0.1) is 0 Å². The normalized spacial score (nSPS) is 22.6. The van der Waals surface area contributed by atoms with Crippen LogP contribution < -0.4 is 15.4 Å². The van der Waals surface area contributed by atoms with E-state index in [0.29, 0.717) is 19.6 Å². The molecule has 7 heteroatoms. The van der Waals surface area contributed by atoms with Crippen molar-refractivity contribution in [3.63, 3.8) is 0 Å². The third kappa shape index (κ3) is 3.24. The molecule has 2 aliphatic rings. The van der Waals surface area contributed by atoms with Gasteiger partial charge in [-0.1, -0.05) is 0 Å². The van der Waals surface area contributed by atoms with Crippen molar-refractivity contribution in [1.82, 2.24) is 20.5 Å². The predicted octanol–water partition coefficient (Wildman–Crippen LogP) is 0.133. The molecule has 2 fully saturated rings. The number of nitrogens with one attached hydrogen (secondary N) is 2. The van der Waals surface area contributed by atoms with Gasteiger partial charge in [0.15, 0.2) is 0 Å². The second kappa shape index (κ2) is 5.99. The molecule has 21 heavy (non-hydrogen) atoms. The van der Waals surface area contributed by atoms with Crippen LogP contribution in [0.4, 0.5) is 4.79 Å². The summed E-state index contributed by atoms with van der Waals surface area (Å²) in [5, 5.41) is 5.23. The molecule has 0 bridgehead atoms. The van der Waals surface area contributed by atoms with E-state index in [2.05, 4.69) is 15.6 Å². The molecule has 1 atom stereocenters. The summed E-state index contributed by atoms with van der Waals surface area (Å²) in [7, 11) is 0. The van der Waals surface area contributed by atoms with Gasteiger partial charge < -0.3 is 20.3 Å². The molecule has 2 aliphatic heterocycles. The number of carbonyl (C=O) groups is 2. The standard InChI is InChI=1S/C14H18N4O3/c19-13(12-9-16-14(20)17-12)18-7-3-11(4-8-18)21-10-1-5-15-6-2-10/h1-2,5-6,11-12H,3-4,7-9H2,(H2,16,17,20). The van der Waals surface area contributed by atoms with E-state index < -0.39 is 6.04 Å². The lowest BCUT2D eigenvalue weighted by Gasteiger charge is -2.33. The lowest BCUT2D eigenvalue weighted by atomic mass is 10.1. The molecule has 0 spiro atoms. The van der Waals surface area contributed by atoms with Crippen molar-refractivity contribution >= 4 is 11.9 Å². The minimum Gasteiger partial charge on any atom is -0.490 e. The molecule has 1 unspecified atom stereocenters. The summed E-state index contributed by atoms with van der Waals surface area (Å²) in [5.41, 5.74) is 0. The number of carbonyl (C=O) groups excluding carboxylic acids is 2. The average Bonchev–Trinajstić information content (AvgIpc) is 2.95. The minimum atomic E-state index is -0.435. The third-order valence-electron chi connectivity index (χ3n) is 3.78. The second-order valence-electron chi connectivity index (χ2n) is 5.23. The lowest BCUT2D eigenvalue weighted by molar-refractivity contribution is -0.134. The zero-order valence-electron chi connectivity index (χ0n) is 11.6. The van der Waals surface area contributed by atoms with Crippen molar-refractivity contribution in [2.75, 3.05) is 19.6 Å². The van der Waals surface area contributed by atoms with E-state index in [4.69, 9.17) is 4.74 Å². The molecular formula is C14H18N4O3. The number of aromatic nitrogens is 1. The Morgan fingerprint density at radius 2 is 2.00 bits per heavy atom. The topological polar surface area (TPSA) is 83.6 Å². The average molecular weight is 290 g/mol. The Morgan fingerprint density at radius 3 is 2.62 bits per heavy atom. The molecule has 112 valence electrons. The molecule has 1 aromatic rings. The molecule has 0 radical (unpaired) electrons. The molecule has 3 amide bonds. The van der Waals surface area contributed by atoms with Crippen molar-refractivity contribution in [2.45, 2.75) is 25.0 Å². The molecule has 3 rings (SSSR count). The van der Waals surface area contributed by atoms with Gasteiger partial charge >= 0.3 is 6.03 Å². The van der Waals surface area contributed by atoms with Crippen LogP contribution >= 0.6 is 0 Å². The van der Waals surface area contributed by atoms with E-state index in [1.54, 1.807) is 17.3 Å². The van der Waals surface area contributed by atoms with Crippen LogP contribution in [-0.4, -0.2) is 53.6 Å². The van der Waals surface area contributed by atoms with E-state index in [0.717, 1.165) is 18.6 Å². The fourth-order valence-electron chi connectivity index (χ4n) is 2.63. The molecule has 2 N–H and O–H groups in total. The number of pyridine rings is 1. The summed E-state index contributed by atoms with van der Waals surface area (Å²) in [6.07, 6.45) is 5.10. The quantitative estimate of drug-likeness (QED) is 0.829. The first-order valence-corrected chi connectivity index (χ1v) is 7.12. The maximum absolute atomic E-state index is 12.2. The van der Waals surface area contributed by atoms with Crippen LogP contribution in [0.15, 0.2) is 24.5 Å². The van der Waals surface area contributed by atoms with E-state index in [1.807, 2.05) is 12.1 Å². The number of piperidine rings is 1. The molecule has 2 saturated heterocycles. The van der Waals surface area contributed by atoms with Crippen LogP contribution in [0.25, 0.3) is 0 Å². The number of hydrogen-bond donors (Lipinski definition) is 2. The van der Waals surface area contributed by atoms with Gasteiger partial charge in [0.05, 0.1) is 0 Å². The molecular weight excluding hydrogens is 272 g/mol. The number of nitrogens with zero attached hydrogens (tertiary/aromatic N) is 2. The first-order chi connectivity index (χ1) is 10.2. The van der Waals surface area contributed by atoms with E-state index in [1.165, 1.54) is 0 Å². The Labute approximate surface area is 122 Å². The zero-order valence-corrected chi connectivity index (χ0v) is 11.6. The number of urea groups is 1. The number of likely N-dealkylation sites (tertiary alicyclic amines) is 1. The molecule has 3 heterocycles. The third-order valence-corrected chi connectivity index (χ3v) is 3.78. The maximum atomic E-state index is 12.2. The summed E-state index contributed by atoms with van der Waals surface area (Å²) >= 11 is 0. The van der Waals surface area contributed by atoms with Crippen molar-refractivity contribution in [2.24, 2.45) is 0 Å². The highest BCUT2D eigenvalue weighted by Crippen LogP contribution is 2.18. The first-order valence-electron chi connectivity index (χ1n) is 7.12. The van der Waals surface area contributed by atoms with Crippen molar-refractivity contribution < 1.29 is 14.3 Å². The lowest BCUT2D eigenvalue weighted by Crippen LogP contribution is -2.49. The van der Waals surface area contributed by atoms with Gasteiger partial charge in [-0.15, -0.1) is 0 Å². The highest BCUT2D eigenvalue weighted by atomic mass is 16.5. The van der Waals surface area contributed by atoms with Crippen molar-refractivity contribution in [3.8, 4) is 5.75 Å². The Kier molecular flexibility index (Phi) is 3.89. The molecule has 0 saturated carbocycles. The largest absolute Gasteiger partial charge is 0.490 e. The number of rotatable bonds is 3. The van der Waals surface area contributed by atoms with E-state index in [9.17, 15) is 9.59 Å². The van der Waals surface area contributed by atoms with Gasteiger partial charge in [0.2, 0.25) is 5.91 Å². The number of hydrogen-bond acceptors (Lipinski definition) is 4. The van der Waals surface area contributed by atoms with Gasteiger partial charge in [-0.05, 0) is 12.1 Å². The summed E-state index contributed by atoms with van der Waals surface area (Å²) in [5.74, 6) is 0.790. The summed E-state index contributed by atoms with van der Waals surface area (Å²) in [6, 6.07) is 2.95. The van der Waals surface area contributed by atoms with Crippen LogP contribution in [-0.2, 0) is 4.79 Å². The van der Waals surface area contributed by atoms with Crippen molar-refractivity contribution in [3.05, 3.63) is 24.5 Å². The maximum Gasteiger partial charge on any atom is 0.315 e. The summed E-state index contributed by atoms with van der Waals surface area (Å²) in [6.45, 7) is 1.67. The fourth-order valence-corrected chi connectivity index (χ4v) is 2.63. The van der Waals surface area contributed by atoms with Gasteiger partial charge in [-0.25, -0.2) is 4.79 Å². The Balaban J connectivity index is 1.49. The Hall–Kier alpha value is -2.31. The highest BCUT2D eigenvalue weighted by Gasteiger charge is 2.32. The van der Waals surface area contributed by atoms with E-state index >= 15 is 0 Å². The predicted molar refractivity (Wildman–Crippen MR) is 74.8 cm³/mol. The monoisotopic (exact) mass is 290 g/mol. The Bertz CT molecular complexity index is 514. The van der Waals surface area contributed by atoms with Crippen LogP contribution in [0.1, 0.15) is 12.8 Å². The van der Waals surface area contributed by atoms with Crippen LogP contribution in [0.2, 0.25) is 0 Å². The van der Waals surface area contributed by atoms with Crippen LogP contribution in [0.5, 0.6) is 5.75 Å².